The van der Waals surface area contributed by atoms with Gasteiger partial charge < -0.3 is 18.6 Å². The third-order valence-electron chi connectivity index (χ3n) is 3.21. The Morgan fingerprint density at radius 2 is 1.61 bits per heavy atom. The lowest BCUT2D eigenvalue weighted by Gasteiger charge is -2.04. The van der Waals surface area contributed by atoms with Gasteiger partial charge in [0.1, 0.15) is 17.2 Å². The molecule has 0 aliphatic rings. The zero-order valence-electron chi connectivity index (χ0n) is 12.9. The van der Waals surface area contributed by atoms with Gasteiger partial charge in [-0.2, -0.15) is 0 Å². The van der Waals surface area contributed by atoms with E-state index >= 15 is 0 Å². The van der Waals surface area contributed by atoms with Crippen LogP contribution in [-0.4, -0.2) is 24.4 Å². The smallest absolute Gasteiger partial charge is 0.254 e. The summed E-state index contributed by atoms with van der Waals surface area (Å²) in [7, 11) is 3.23. The lowest BCUT2D eigenvalue weighted by Crippen LogP contribution is -1.95. The molecule has 0 saturated carbocycles. The van der Waals surface area contributed by atoms with E-state index in [0.29, 0.717) is 17.5 Å². The predicted molar refractivity (Wildman–Crippen MR) is 83.6 cm³/mol. The summed E-state index contributed by atoms with van der Waals surface area (Å²) >= 11 is 0. The Balaban J connectivity index is 1.66. The van der Waals surface area contributed by atoms with Crippen LogP contribution >= 0.6 is 0 Å². The van der Waals surface area contributed by atoms with E-state index in [0.717, 1.165) is 17.1 Å². The predicted octanol–water partition coefficient (Wildman–Crippen LogP) is 3.33. The van der Waals surface area contributed by atoms with Crippen molar-refractivity contribution in [1.29, 1.82) is 0 Å². The third kappa shape index (κ3) is 3.60. The summed E-state index contributed by atoms with van der Waals surface area (Å²) in [5.74, 6) is 3.04. The molecule has 3 rings (SSSR count). The summed E-state index contributed by atoms with van der Waals surface area (Å²) in [6.45, 7) is 0.198. The first-order valence-corrected chi connectivity index (χ1v) is 7.02. The molecule has 0 unspecified atom stereocenters. The molecule has 0 N–H and O–H groups in total. The standard InChI is InChI=1S/C17H16N2O4/c1-20-13-6-8-14(9-7-13)22-11-16-18-19-17(23-16)12-4-3-5-15(10-12)21-2/h3-10H,11H2,1-2H3. The van der Waals surface area contributed by atoms with Crippen LogP contribution in [0, 0.1) is 0 Å². The highest BCUT2D eigenvalue weighted by molar-refractivity contribution is 5.55. The Morgan fingerprint density at radius 1 is 0.870 bits per heavy atom. The first-order valence-electron chi connectivity index (χ1n) is 7.02. The number of ether oxygens (including phenoxy) is 3. The van der Waals surface area contributed by atoms with Crippen LogP contribution < -0.4 is 14.2 Å². The monoisotopic (exact) mass is 312 g/mol. The number of benzene rings is 2. The quantitative estimate of drug-likeness (QED) is 0.695. The molecule has 6 heteroatoms. The number of rotatable bonds is 6. The molecule has 0 bridgehead atoms. The number of aromatic nitrogens is 2. The minimum Gasteiger partial charge on any atom is -0.497 e. The van der Waals surface area contributed by atoms with Crippen LogP contribution in [-0.2, 0) is 6.61 Å². The second-order valence-corrected chi connectivity index (χ2v) is 4.70. The van der Waals surface area contributed by atoms with E-state index in [9.17, 15) is 0 Å². The number of hydrogen-bond donors (Lipinski definition) is 0. The molecular formula is C17H16N2O4. The maximum absolute atomic E-state index is 5.61. The van der Waals surface area contributed by atoms with Gasteiger partial charge in [0, 0.05) is 5.56 Å². The molecule has 0 atom stereocenters. The van der Waals surface area contributed by atoms with Crippen molar-refractivity contribution in [2.45, 2.75) is 6.61 Å². The molecule has 1 aromatic heterocycles. The number of nitrogens with zero attached hydrogens (tertiary/aromatic N) is 2. The van der Waals surface area contributed by atoms with Crippen LogP contribution in [0.1, 0.15) is 5.89 Å². The maximum atomic E-state index is 5.61. The highest BCUT2D eigenvalue weighted by Gasteiger charge is 2.10. The first-order chi connectivity index (χ1) is 11.3. The van der Waals surface area contributed by atoms with E-state index in [4.69, 9.17) is 18.6 Å². The average molecular weight is 312 g/mol. The van der Waals surface area contributed by atoms with Gasteiger partial charge in [-0.05, 0) is 42.5 Å². The van der Waals surface area contributed by atoms with Crippen molar-refractivity contribution in [3.05, 3.63) is 54.4 Å². The molecule has 2 aromatic carbocycles. The van der Waals surface area contributed by atoms with Crippen LogP contribution in [0.3, 0.4) is 0 Å². The summed E-state index contributed by atoms with van der Waals surface area (Å²) in [5, 5.41) is 8.02. The molecule has 6 nitrogen and oxygen atoms in total. The van der Waals surface area contributed by atoms with Gasteiger partial charge in [0.15, 0.2) is 6.61 Å². The van der Waals surface area contributed by atoms with Crippen molar-refractivity contribution < 1.29 is 18.6 Å². The molecule has 1 heterocycles. The van der Waals surface area contributed by atoms with Crippen LogP contribution in [0.5, 0.6) is 17.2 Å². The second kappa shape index (κ2) is 6.83. The van der Waals surface area contributed by atoms with Crippen molar-refractivity contribution in [2.75, 3.05) is 14.2 Å². The molecule has 0 aliphatic carbocycles. The van der Waals surface area contributed by atoms with Crippen molar-refractivity contribution >= 4 is 0 Å². The maximum Gasteiger partial charge on any atom is 0.254 e. The van der Waals surface area contributed by atoms with Gasteiger partial charge in [0.25, 0.3) is 5.89 Å². The van der Waals surface area contributed by atoms with E-state index in [1.54, 1.807) is 14.2 Å². The van der Waals surface area contributed by atoms with Crippen LogP contribution in [0.25, 0.3) is 11.5 Å². The summed E-state index contributed by atoms with van der Waals surface area (Å²) in [4.78, 5) is 0. The molecule has 0 radical (unpaired) electrons. The summed E-state index contributed by atoms with van der Waals surface area (Å²) in [6, 6.07) is 14.7. The fraction of sp³-hybridized carbons (Fsp3) is 0.176. The molecule has 118 valence electrons. The SMILES string of the molecule is COc1ccc(OCc2nnc(-c3cccc(OC)c3)o2)cc1. The van der Waals surface area contributed by atoms with Crippen molar-refractivity contribution in [3.8, 4) is 28.7 Å². The van der Waals surface area contributed by atoms with Gasteiger partial charge in [-0.3, -0.25) is 0 Å². The lowest BCUT2D eigenvalue weighted by molar-refractivity contribution is 0.264. The van der Waals surface area contributed by atoms with E-state index in [-0.39, 0.29) is 6.61 Å². The molecule has 0 spiro atoms. The molecule has 3 aromatic rings. The summed E-state index contributed by atoms with van der Waals surface area (Å²) in [5.41, 5.74) is 0.799. The zero-order valence-corrected chi connectivity index (χ0v) is 12.9. The average Bonchev–Trinajstić information content (AvgIpc) is 3.09. The lowest BCUT2D eigenvalue weighted by atomic mass is 10.2. The fourth-order valence-electron chi connectivity index (χ4n) is 2.00. The molecule has 0 amide bonds. The van der Waals surface area contributed by atoms with Gasteiger partial charge in [-0.1, -0.05) is 6.07 Å². The number of methoxy groups -OCH3 is 2. The van der Waals surface area contributed by atoms with Crippen molar-refractivity contribution in [3.63, 3.8) is 0 Å². The molecule has 0 saturated heterocycles. The van der Waals surface area contributed by atoms with Crippen LogP contribution in [0.4, 0.5) is 0 Å². The topological polar surface area (TPSA) is 66.6 Å². The van der Waals surface area contributed by atoms with Gasteiger partial charge in [0.2, 0.25) is 5.89 Å². The molecule has 23 heavy (non-hydrogen) atoms. The largest absolute Gasteiger partial charge is 0.497 e. The highest BCUT2D eigenvalue weighted by atomic mass is 16.5. The number of hydrogen-bond acceptors (Lipinski definition) is 6. The van der Waals surface area contributed by atoms with E-state index in [1.165, 1.54) is 0 Å². The Labute approximate surface area is 133 Å². The summed E-state index contributed by atoms with van der Waals surface area (Å²) in [6.07, 6.45) is 0. The van der Waals surface area contributed by atoms with Crippen LogP contribution in [0.15, 0.2) is 52.9 Å². The van der Waals surface area contributed by atoms with Crippen molar-refractivity contribution in [1.82, 2.24) is 10.2 Å². The second-order valence-electron chi connectivity index (χ2n) is 4.70. The highest BCUT2D eigenvalue weighted by Crippen LogP contribution is 2.23. The van der Waals surface area contributed by atoms with Crippen LogP contribution in [0.2, 0.25) is 0 Å². The summed E-state index contributed by atoms with van der Waals surface area (Å²) < 4.78 is 21.5. The Bertz CT molecular complexity index is 768. The Kier molecular flexibility index (Phi) is 4.42. The van der Waals surface area contributed by atoms with Crippen molar-refractivity contribution in [2.24, 2.45) is 0 Å². The molecular weight excluding hydrogens is 296 g/mol. The molecule has 0 fully saturated rings. The zero-order chi connectivity index (χ0) is 16.1. The van der Waals surface area contributed by atoms with Gasteiger partial charge in [-0.15, -0.1) is 10.2 Å². The van der Waals surface area contributed by atoms with E-state index in [2.05, 4.69) is 10.2 Å². The van der Waals surface area contributed by atoms with E-state index in [1.807, 2.05) is 48.5 Å². The minimum atomic E-state index is 0.198. The molecule has 0 aliphatic heterocycles. The minimum absolute atomic E-state index is 0.198. The van der Waals surface area contributed by atoms with Gasteiger partial charge >= 0.3 is 0 Å². The Morgan fingerprint density at radius 3 is 2.35 bits per heavy atom. The third-order valence-corrected chi connectivity index (χ3v) is 3.21. The normalized spacial score (nSPS) is 10.3. The fourth-order valence-corrected chi connectivity index (χ4v) is 2.00. The van der Waals surface area contributed by atoms with Gasteiger partial charge in [-0.25, -0.2) is 0 Å². The van der Waals surface area contributed by atoms with Gasteiger partial charge in [0.05, 0.1) is 14.2 Å². The van der Waals surface area contributed by atoms with E-state index < -0.39 is 0 Å². The Hall–Kier alpha value is -3.02. The first kappa shape index (κ1) is 14.9.